The Labute approximate surface area is 172 Å². The first kappa shape index (κ1) is 20.1. The maximum atomic E-state index is 13.4. The Morgan fingerprint density at radius 3 is 2.69 bits per heavy atom. The zero-order valence-electron chi connectivity index (χ0n) is 15.7. The lowest BCUT2D eigenvalue weighted by atomic mass is 9.93. The molecule has 0 amide bonds. The summed E-state index contributed by atoms with van der Waals surface area (Å²) in [5.41, 5.74) is 0.725. The molecule has 0 bridgehead atoms. The number of hydrogen-bond acceptors (Lipinski definition) is 3. The summed E-state index contributed by atoms with van der Waals surface area (Å²) < 4.78 is 40.2. The van der Waals surface area contributed by atoms with E-state index in [0.29, 0.717) is 10.6 Å². The molecule has 4 rings (SSSR count). The number of pyridine rings is 1. The third-order valence-electron chi connectivity index (χ3n) is 5.34. The third kappa shape index (κ3) is 4.39. The van der Waals surface area contributed by atoms with Crippen LogP contribution in [0.2, 0.25) is 5.02 Å². The van der Waals surface area contributed by atoms with Crippen molar-refractivity contribution < 1.29 is 13.2 Å². The van der Waals surface area contributed by atoms with Crippen LogP contribution in [0.3, 0.4) is 0 Å². The second-order valence-electron chi connectivity index (χ2n) is 7.26. The minimum atomic E-state index is -4.42. The van der Waals surface area contributed by atoms with Crippen LogP contribution in [0, 0.1) is 0 Å². The number of halogens is 4. The van der Waals surface area contributed by atoms with Crippen molar-refractivity contribution in [2.45, 2.75) is 18.6 Å². The molecule has 29 heavy (non-hydrogen) atoms. The van der Waals surface area contributed by atoms with Gasteiger partial charge in [0.15, 0.2) is 0 Å². The zero-order valence-corrected chi connectivity index (χ0v) is 16.5. The predicted molar refractivity (Wildman–Crippen MR) is 109 cm³/mol. The predicted octanol–water partition coefficient (Wildman–Crippen LogP) is 5.29. The summed E-state index contributed by atoms with van der Waals surface area (Å²) in [4.78, 5) is 6.35. The first-order chi connectivity index (χ1) is 13.9. The van der Waals surface area contributed by atoms with Crippen LogP contribution in [-0.4, -0.2) is 36.1 Å². The molecule has 1 saturated heterocycles. The molecule has 2 heterocycles. The van der Waals surface area contributed by atoms with Crippen LogP contribution in [0.4, 0.5) is 13.2 Å². The van der Waals surface area contributed by atoms with Gasteiger partial charge in [0.25, 0.3) is 0 Å². The van der Waals surface area contributed by atoms with E-state index in [1.165, 1.54) is 12.1 Å². The zero-order chi connectivity index (χ0) is 20.4. The number of nitrogens with one attached hydrogen (secondary N) is 1. The SMILES string of the molecule is FC(F)(F)c1ccc(Cl)c(C(c2ccc3cnccc3c2)N2CCCNCC2)c1. The normalized spacial score (nSPS) is 17.2. The van der Waals surface area contributed by atoms with Gasteiger partial charge in [0.2, 0.25) is 0 Å². The maximum Gasteiger partial charge on any atom is 0.416 e. The van der Waals surface area contributed by atoms with Gasteiger partial charge in [-0.25, -0.2) is 0 Å². The average Bonchev–Trinajstić information content (AvgIpc) is 2.98. The largest absolute Gasteiger partial charge is 0.416 e. The molecule has 2 aromatic carbocycles. The third-order valence-corrected chi connectivity index (χ3v) is 5.68. The van der Waals surface area contributed by atoms with Crippen LogP contribution in [0.1, 0.15) is 29.2 Å². The van der Waals surface area contributed by atoms with Crippen molar-refractivity contribution in [2.75, 3.05) is 26.2 Å². The van der Waals surface area contributed by atoms with Crippen molar-refractivity contribution in [3.63, 3.8) is 0 Å². The van der Waals surface area contributed by atoms with Gasteiger partial charge < -0.3 is 5.32 Å². The molecule has 0 saturated carbocycles. The molecule has 1 unspecified atom stereocenters. The van der Waals surface area contributed by atoms with E-state index in [1.807, 2.05) is 24.3 Å². The van der Waals surface area contributed by atoms with Crippen molar-refractivity contribution in [3.8, 4) is 0 Å². The summed E-state index contributed by atoms with van der Waals surface area (Å²) in [5, 5.41) is 5.68. The quantitative estimate of drug-likeness (QED) is 0.625. The van der Waals surface area contributed by atoms with E-state index in [-0.39, 0.29) is 6.04 Å². The molecular formula is C22H21ClF3N3. The Morgan fingerprint density at radius 1 is 1.00 bits per heavy atom. The molecule has 152 valence electrons. The number of nitrogens with zero attached hydrogens (tertiary/aromatic N) is 2. The highest BCUT2D eigenvalue weighted by Gasteiger charge is 2.33. The van der Waals surface area contributed by atoms with Crippen molar-refractivity contribution in [3.05, 3.63) is 76.6 Å². The smallest absolute Gasteiger partial charge is 0.315 e. The van der Waals surface area contributed by atoms with Gasteiger partial charge in [-0.15, -0.1) is 0 Å². The monoisotopic (exact) mass is 419 g/mol. The van der Waals surface area contributed by atoms with Gasteiger partial charge in [-0.05, 0) is 59.8 Å². The lowest BCUT2D eigenvalue weighted by molar-refractivity contribution is -0.137. The Bertz CT molecular complexity index is 998. The Kier molecular flexibility index (Phi) is 5.76. The fourth-order valence-corrected chi connectivity index (χ4v) is 4.13. The molecule has 7 heteroatoms. The molecule has 1 N–H and O–H groups in total. The van der Waals surface area contributed by atoms with Gasteiger partial charge in [-0.2, -0.15) is 13.2 Å². The summed E-state index contributed by atoms with van der Waals surface area (Å²) in [6.07, 6.45) is -0.000672. The van der Waals surface area contributed by atoms with Crippen molar-refractivity contribution in [1.82, 2.24) is 15.2 Å². The molecule has 0 radical (unpaired) electrons. The summed E-state index contributed by atoms with van der Waals surface area (Å²) in [7, 11) is 0. The summed E-state index contributed by atoms with van der Waals surface area (Å²) in [6, 6.07) is 11.1. The first-order valence-corrected chi connectivity index (χ1v) is 9.96. The second kappa shape index (κ2) is 8.30. The number of rotatable bonds is 3. The van der Waals surface area contributed by atoms with Crippen molar-refractivity contribution in [2.24, 2.45) is 0 Å². The highest BCUT2D eigenvalue weighted by atomic mass is 35.5. The van der Waals surface area contributed by atoms with Crippen LogP contribution in [0.5, 0.6) is 0 Å². The number of aromatic nitrogens is 1. The van der Waals surface area contributed by atoms with Crippen LogP contribution in [0.25, 0.3) is 10.8 Å². The average molecular weight is 420 g/mol. The van der Waals surface area contributed by atoms with Crippen LogP contribution in [-0.2, 0) is 6.18 Å². The first-order valence-electron chi connectivity index (χ1n) is 9.58. The van der Waals surface area contributed by atoms with Crippen LogP contribution < -0.4 is 5.32 Å². The summed E-state index contributed by atoms with van der Waals surface area (Å²) >= 11 is 6.45. The molecule has 3 nitrogen and oxygen atoms in total. The molecule has 0 aliphatic carbocycles. The minimum Gasteiger partial charge on any atom is -0.315 e. The van der Waals surface area contributed by atoms with Crippen molar-refractivity contribution >= 4 is 22.4 Å². The molecule has 0 spiro atoms. The number of alkyl halides is 3. The second-order valence-corrected chi connectivity index (χ2v) is 7.67. The lowest BCUT2D eigenvalue weighted by Gasteiger charge is -2.32. The Hall–Kier alpha value is -2.15. The van der Waals surface area contributed by atoms with Crippen LogP contribution >= 0.6 is 11.6 Å². The van der Waals surface area contributed by atoms with Gasteiger partial charge in [0.1, 0.15) is 0 Å². The topological polar surface area (TPSA) is 28.2 Å². The molecule has 1 aliphatic heterocycles. The highest BCUT2D eigenvalue weighted by molar-refractivity contribution is 6.31. The minimum absolute atomic E-state index is 0.343. The van der Waals surface area contributed by atoms with E-state index < -0.39 is 11.7 Å². The van der Waals surface area contributed by atoms with E-state index >= 15 is 0 Å². The summed E-state index contributed by atoms with van der Waals surface area (Å²) in [5.74, 6) is 0. The van der Waals surface area contributed by atoms with Gasteiger partial charge in [-0.1, -0.05) is 23.7 Å². The molecule has 3 aromatic rings. The fourth-order valence-electron chi connectivity index (χ4n) is 3.91. The van der Waals surface area contributed by atoms with E-state index in [4.69, 9.17) is 11.6 Å². The lowest BCUT2D eigenvalue weighted by Crippen LogP contribution is -2.33. The number of benzene rings is 2. The Morgan fingerprint density at radius 2 is 1.86 bits per heavy atom. The van der Waals surface area contributed by atoms with E-state index in [2.05, 4.69) is 15.2 Å². The molecule has 1 aromatic heterocycles. The van der Waals surface area contributed by atoms with Gasteiger partial charge in [0.05, 0.1) is 11.6 Å². The Balaban J connectivity index is 1.86. The molecular weight excluding hydrogens is 399 g/mol. The molecule has 1 aliphatic rings. The standard InChI is InChI=1S/C22H21ClF3N3/c23-20-5-4-18(22(24,25)26)13-19(20)21(29-10-1-7-27-9-11-29)16-2-3-17-14-28-8-6-15(17)12-16/h2-6,8,12-14,21,27H,1,7,9-11H2. The van der Waals surface area contributed by atoms with E-state index in [0.717, 1.165) is 55.0 Å². The molecule has 1 fully saturated rings. The van der Waals surface area contributed by atoms with Gasteiger partial charge >= 0.3 is 6.18 Å². The van der Waals surface area contributed by atoms with Crippen molar-refractivity contribution in [1.29, 1.82) is 0 Å². The fraction of sp³-hybridized carbons (Fsp3) is 0.318. The van der Waals surface area contributed by atoms with Gasteiger partial charge in [0, 0.05) is 42.4 Å². The van der Waals surface area contributed by atoms with Crippen LogP contribution in [0.15, 0.2) is 54.9 Å². The molecule has 1 atom stereocenters. The number of fused-ring (bicyclic) bond motifs is 1. The maximum absolute atomic E-state index is 13.4. The highest BCUT2D eigenvalue weighted by Crippen LogP contribution is 2.39. The van der Waals surface area contributed by atoms with Gasteiger partial charge in [-0.3, -0.25) is 9.88 Å². The number of hydrogen-bond donors (Lipinski definition) is 1. The van der Waals surface area contributed by atoms with E-state index in [1.54, 1.807) is 12.4 Å². The summed E-state index contributed by atoms with van der Waals surface area (Å²) in [6.45, 7) is 3.18. The van der Waals surface area contributed by atoms with E-state index in [9.17, 15) is 13.2 Å².